The molecule has 1 amide bonds. The van der Waals surface area contributed by atoms with E-state index < -0.39 is 23.1 Å². The Morgan fingerprint density at radius 3 is 2.44 bits per heavy atom. The van der Waals surface area contributed by atoms with Gasteiger partial charge in [0, 0.05) is 17.1 Å². The first kappa shape index (κ1) is 13.4. The molecule has 0 radical (unpaired) electrons. The first-order valence-corrected chi connectivity index (χ1v) is 6.47. The fourth-order valence-corrected chi connectivity index (χ4v) is 2.27. The molecule has 1 aromatic rings. The molecule has 18 heavy (non-hydrogen) atoms. The predicted octanol–water partition coefficient (Wildman–Crippen LogP) is 2.19. The van der Waals surface area contributed by atoms with Crippen molar-refractivity contribution >= 4 is 21.8 Å². The van der Waals surface area contributed by atoms with Gasteiger partial charge >= 0.3 is 0 Å². The van der Waals surface area contributed by atoms with Gasteiger partial charge in [0.05, 0.1) is 0 Å². The van der Waals surface area contributed by atoms with E-state index in [1.54, 1.807) is 0 Å². The number of rotatable bonds is 4. The van der Waals surface area contributed by atoms with Gasteiger partial charge in [-0.15, -0.1) is 0 Å². The van der Waals surface area contributed by atoms with E-state index >= 15 is 0 Å². The van der Waals surface area contributed by atoms with E-state index in [0.29, 0.717) is 5.92 Å². The summed E-state index contributed by atoms with van der Waals surface area (Å²) in [7, 11) is 0. The van der Waals surface area contributed by atoms with Crippen LogP contribution >= 0.6 is 15.9 Å². The number of carbonyl (C=O) groups excluding carboxylic acids is 1. The quantitative estimate of drug-likeness (QED) is 0.894. The summed E-state index contributed by atoms with van der Waals surface area (Å²) >= 11 is 2.96. The van der Waals surface area contributed by atoms with Crippen LogP contribution in [-0.2, 0) is 0 Å². The lowest BCUT2D eigenvalue weighted by molar-refractivity contribution is 0.0925. The summed E-state index contributed by atoms with van der Waals surface area (Å²) in [6.07, 6.45) is 1.99. The molecule has 3 N–H and O–H groups in total. The van der Waals surface area contributed by atoms with Crippen molar-refractivity contribution < 1.29 is 13.6 Å². The van der Waals surface area contributed by atoms with Crippen molar-refractivity contribution in [1.82, 2.24) is 5.32 Å². The van der Waals surface area contributed by atoms with Gasteiger partial charge in [-0.1, -0.05) is 15.9 Å². The molecule has 1 fully saturated rings. The summed E-state index contributed by atoms with van der Waals surface area (Å²) in [6, 6.07) is 1.92. The SMILES string of the molecule is NCC(NC(=O)c1c(F)cc(Br)cc1F)C1CC1. The van der Waals surface area contributed by atoms with Crippen LogP contribution in [0.25, 0.3) is 0 Å². The molecule has 3 nitrogen and oxygen atoms in total. The van der Waals surface area contributed by atoms with E-state index in [4.69, 9.17) is 5.73 Å². The molecule has 1 aliphatic carbocycles. The summed E-state index contributed by atoms with van der Waals surface area (Å²) in [4.78, 5) is 11.8. The number of halogens is 3. The summed E-state index contributed by atoms with van der Waals surface area (Å²) in [5.74, 6) is -2.18. The number of amides is 1. The second-order valence-corrected chi connectivity index (χ2v) is 5.31. The molecule has 1 atom stereocenters. The molecule has 0 heterocycles. The molecule has 0 spiro atoms. The van der Waals surface area contributed by atoms with Gasteiger partial charge in [-0.05, 0) is 30.9 Å². The largest absolute Gasteiger partial charge is 0.348 e. The zero-order chi connectivity index (χ0) is 13.3. The summed E-state index contributed by atoms with van der Waals surface area (Å²) in [5, 5.41) is 2.59. The lowest BCUT2D eigenvalue weighted by Crippen LogP contribution is -2.42. The Hall–Kier alpha value is -1.01. The Balaban J connectivity index is 2.17. The lowest BCUT2D eigenvalue weighted by atomic mass is 10.1. The van der Waals surface area contributed by atoms with Crippen LogP contribution in [0.1, 0.15) is 23.2 Å². The van der Waals surface area contributed by atoms with Crippen LogP contribution in [0.4, 0.5) is 8.78 Å². The molecule has 1 saturated carbocycles. The highest BCUT2D eigenvalue weighted by atomic mass is 79.9. The smallest absolute Gasteiger partial charge is 0.257 e. The number of nitrogens with two attached hydrogens (primary N) is 1. The van der Waals surface area contributed by atoms with Gasteiger partial charge in [0.15, 0.2) is 0 Å². The van der Waals surface area contributed by atoms with E-state index in [1.165, 1.54) is 0 Å². The fraction of sp³-hybridized carbons (Fsp3) is 0.417. The topological polar surface area (TPSA) is 55.1 Å². The normalized spacial score (nSPS) is 16.4. The minimum atomic E-state index is -0.883. The van der Waals surface area contributed by atoms with Crippen molar-refractivity contribution in [2.24, 2.45) is 11.7 Å². The maximum atomic E-state index is 13.6. The lowest BCUT2D eigenvalue weighted by Gasteiger charge is -2.16. The van der Waals surface area contributed by atoms with Crippen LogP contribution in [0.5, 0.6) is 0 Å². The maximum Gasteiger partial charge on any atom is 0.257 e. The molecule has 1 unspecified atom stereocenters. The third-order valence-corrected chi connectivity index (χ3v) is 3.45. The Kier molecular flexibility index (Phi) is 3.97. The number of nitrogens with one attached hydrogen (secondary N) is 1. The third-order valence-electron chi connectivity index (χ3n) is 3.00. The molecule has 2 rings (SSSR count). The highest BCUT2D eigenvalue weighted by Gasteiger charge is 2.32. The van der Waals surface area contributed by atoms with Crippen molar-refractivity contribution in [2.75, 3.05) is 6.54 Å². The monoisotopic (exact) mass is 318 g/mol. The molecule has 1 aromatic carbocycles. The Bertz CT molecular complexity index is 454. The van der Waals surface area contributed by atoms with Gasteiger partial charge in [0.2, 0.25) is 0 Å². The average Bonchev–Trinajstić information content (AvgIpc) is 3.08. The summed E-state index contributed by atoms with van der Waals surface area (Å²) < 4.78 is 27.4. The standard InChI is InChI=1S/C12H13BrF2N2O/c13-7-3-8(14)11(9(15)4-7)12(18)17-10(5-16)6-1-2-6/h3-4,6,10H,1-2,5,16H2,(H,17,18). The van der Waals surface area contributed by atoms with Crippen LogP contribution < -0.4 is 11.1 Å². The van der Waals surface area contributed by atoms with E-state index in [0.717, 1.165) is 25.0 Å². The molecule has 0 saturated heterocycles. The molecule has 1 aliphatic rings. The molecule has 0 aliphatic heterocycles. The van der Waals surface area contributed by atoms with Crippen molar-refractivity contribution in [3.8, 4) is 0 Å². The molecular formula is C12H13BrF2N2O. The van der Waals surface area contributed by atoms with Gasteiger partial charge in [-0.2, -0.15) is 0 Å². The van der Waals surface area contributed by atoms with Crippen molar-refractivity contribution in [3.63, 3.8) is 0 Å². The zero-order valence-electron chi connectivity index (χ0n) is 9.55. The van der Waals surface area contributed by atoms with Gasteiger partial charge in [-0.3, -0.25) is 4.79 Å². The average molecular weight is 319 g/mol. The first-order chi connectivity index (χ1) is 8.52. The van der Waals surface area contributed by atoms with Gasteiger partial charge in [0.25, 0.3) is 5.91 Å². The molecule has 0 bridgehead atoms. The van der Waals surface area contributed by atoms with Crippen LogP contribution in [0.3, 0.4) is 0 Å². The van der Waals surface area contributed by atoms with Gasteiger partial charge in [-0.25, -0.2) is 8.78 Å². The van der Waals surface area contributed by atoms with Crippen LogP contribution in [0.15, 0.2) is 16.6 Å². The Labute approximate surface area is 112 Å². The zero-order valence-corrected chi connectivity index (χ0v) is 11.1. The molecular weight excluding hydrogens is 306 g/mol. The molecule has 0 aromatic heterocycles. The van der Waals surface area contributed by atoms with E-state index in [1.807, 2.05) is 0 Å². The van der Waals surface area contributed by atoms with Crippen LogP contribution in [0, 0.1) is 17.6 Å². The highest BCUT2D eigenvalue weighted by Crippen LogP contribution is 2.32. The maximum absolute atomic E-state index is 13.6. The Morgan fingerprint density at radius 2 is 2.00 bits per heavy atom. The highest BCUT2D eigenvalue weighted by molar-refractivity contribution is 9.10. The fourth-order valence-electron chi connectivity index (χ4n) is 1.87. The van der Waals surface area contributed by atoms with Crippen molar-refractivity contribution in [1.29, 1.82) is 0 Å². The van der Waals surface area contributed by atoms with E-state index in [2.05, 4.69) is 21.2 Å². The number of hydrogen-bond donors (Lipinski definition) is 2. The second-order valence-electron chi connectivity index (χ2n) is 4.40. The van der Waals surface area contributed by atoms with E-state index in [-0.39, 0.29) is 17.1 Å². The van der Waals surface area contributed by atoms with Gasteiger partial charge in [0.1, 0.15) is 17.2 Å². The second kappa shape index (κ2) is 5.32. The number of carbonyl (C=O) groups is 1. The summed E-state index contributed by atoms with van der Waals surface area (Å²) in [5.41, 5.74) is 4.97. The minimum absolute atomic E-state index is 0.208. The minimum Gasteiger partial charge on any atom is -0.348 e. The molecule has 6 heteroatoms. The van der Waals surface area contributed by atoms with Crippen molar-refractivity contribution in [3.05, 3.63) is 33.8 Å². The molecule has 98 valence electrons. The summed E-state index contributed by atoms with van der Waals surface area (Å²) in [6.45, 7) is 0.274. The first-order valence-electron chi connectivity index (χ1n) is 5.68. The van der Waals surface area contributed by atoms with Crippen LogP contribution in [-0.4, -0.2) is 18.5 Å². The van der Waals surface area contributed by atoms with Crippen LogP contribution in [0.2, 0.25) is 0 Å². The number of benzene rings is 1. The van der Waals surface area contributed by atoms with E-state index in [9.17, 15) is 13.6 Å². The van der Waals surface area contributed by atoms with Gasteiger partial charge < -0.3 is 11.1 Å². The Morgan fingerprint density at radius 1 is 1.44 bits per heavy atom. The predicted molar refractivity (Wildman–Crippen MR) is 67.1 cm³/mol. The van der Waals surface area contributed by atoms with Crippen molar-refractivity contribution in [2.45, 2.75) is 18.9 Å². The third kappa shape index (κ3) is 2.87. The number of hydrogen-bond acceptors (Lipinski definition) is 2.